The van der Waals surface area contributed by atoms with E-state index in [1.807, 2.05) is 13.8 Å². The lowest BCUT2D eigenvalue weighted by atomic mass is 10.2. The zero-order valence-corrected chi connectivity index (χ0v) is 13.8. The first kappa shape index (κ1) is 18.8. The Morgan fingerprint density at radius 3 is 2.43 bits per heavy atom. The normalized spacial score (nSPS) is 10.4. The first-order chi connectivity index (χ1) is 11.0. The van der Waals surface area contributed by atoms with Gasteiger partial charge in [-0.3, -0.25) is 14.5 Å². The lowest BCUT2D eigenvalue weighted by molar-refractivity contribution is -0.137. The fraction of sp³-hybridized carbons (Fsp3) is 0.500. The SMILES string of the molecule is CCOc1ccc(NC(=O)CN(C)CCC(=O)O)cc1OCC. The van der Waals surface area contributed by atoms with Crippen molar-refractivity contribution >= 4 is 17.6 Å². The quantitative estimate of drug-likeness (QED) is 0.683. The molecule has 1 aromatic carbocycles. The number of anilines is 1. The molecule has 0 aromatic heterocycles. The molecule has 0 aliphatic carbocycles. The minimum Gasteiger partial charge on any atom is -0.490 e. The number of ether oxygens (including phenoxy) is 2. The summed E-state index contributed by atoms with van der Waals surface area (Å²) in [7, 11) is 1.70. The van der Waals surface area contributed by atoms with Gasteiger partial charge < -0.3 is 19.9 Å². The molecule has 1 aromatic rings. The van der Waals surface area contributed by atoms with E-state index in [1.54, 1.807) is 30.1 Å². The molecule has 1 rings (SSSR count). The van der Waals surface area contributed by atoms with E-state index in [4.69, 9.17) is 14.6 Å². The van der Waals surface area contributed by atoms with Gasteiger partial charge in [-0.1, -0.05) is 0 Å². The highest BCUT2D eigenvalue weighted by Crippen LogP contribution is 2.30. The van der Waals surface area contributed by atoms with Gasteiger partial charge in [-0.2, -0.15) is 0 Å². The van der Waals surface area contributed by atoms with Gasteiger partial charge in [0.2, 0.25) is 5.91 Å². The summed E-state index contributed by atoms with van der Waals surface area (Å²) >= 11 is 0. The number of carboxylic acids is 1. The molecule has 0 aliphatic rings. The molecular weight excluding hydrogens is 300 g/mol. The summed E-state index contributed by atoms with van der Waals surface area (Å²) in [4.78, 5) is 24.1. The third kappa shape index (κ3) is 7.01. The summed E-state index contributed by atoms with van der Waals surface area (Å²) in [6, 6.07) is 5.20. The van der Waals surface area contributed by atoms with Crippen LogP contribution in [0.2, 0.25) is 0 Å². The predicted molar refractivity (Wildman–Crippen MR) is 87.2 cm³/mol. The third-order valence-corrected chi connectivity index (χ3v) is 2.95. The van der Waals surface area contributed by atoms with Gasteiger partial charge in [-0.15, -0.1) is 0 Å². The summed E-state index contributed by atoms with van der Waals surface area (Å²) in [6.45, 7) is 5.22. The monoisotopic (exact) mass is 324 g/mol. The van der Waals surface area contributed by atoms with Gasteiger partial charge in [-0.05, 0) is 33.0 Å². The maximum absolute atomic E-state index is 12.0. The smallest absolute Gasteiger partial charge is 0.304 e. The lowest BCUT2D eigenvalue weighted by Gasteiger charge is -2.16. The maximum Gasteiger partial charge on any atom is 0.304 e. The van der Waals surface area contributed by atoms with E-state index in [1.165, 1.54) is 0 Å². The number of benzene rings is 1. The van der Waals surface area contributed by atoms with E-state index in [9.17, 15) is 9.59 Å². The second-order valence-electron chi connectivity index (χ2n) is 4.96. The Balaban J connectivity index is 2.63. The number of rotatable bonds is 10. The average Bonchev–Trinajstić information content (AvgIpc) is 2.48. The molecule has 0 aliphatic heterocycles. The highest BCUT2D eigenvalue weighted by atomic mass is 16.5. The molecular formula is C16H24N2O5. The van der Waals surface area contributed by atoms with Crippen LogP contribution in [0, 0.1) is 0 Å². The van der Waals surface area contributed by atoms with Crippen LogP contribution in [0.1, 0.15) is 20.3 Å². The number of hydrogen-bond acceptors (Lipinski definition) is 5. The zero-order valence-electron chi connectivity index (χ0n) is 13.8. The highest BCUT2D eigenvalue weighted by Gasteiger charge is 2.11. The Morgan fingerprint density at radius 2 is 1.83 bits per heavy atom. The van der Waals surface area contributed by atoms with Crippen molar-refractivity contribution in [2.24, 2.45) is 0 Å². The molecule has 0 unspecified atom stereocenters. The Hall–Kier alpha value is -2.28. The van der Waals surface area contributed by atoms with Crippen molar-refractivity contribution in [3.63, 3.8) is 0 Å². The van der Waals surface area contributed by atoms with Crippen molar-refractivity contribution in [2.45, 2.75) is 20.3 Å². The van der Waals surface area contributed by atoms with Crippen LogP contribution in [0.5, 0.6) is 11.5 Å². The number of hydrogen-bond donors (Lipinski definition) is 2. The van der Waals surface area contributed by atoms with Gasteiger partial charge in [0.05, 0.1) is 26.2 Å². The number of aliphatic carboxylic acids is 1. The number of carbonyl (C=O) groups excluding carboxylic acids is 1. The Bertz CT molecular complexity index is 533. The van der Waals surface area contributed by atoms with Gasteiger partial charge in [0, 0.05) is 18.3 Å². The minimum atomic E-state index is -0.884. The van der Waals surface area contributed by atoms with Crippen molar-refractivity contribution in [3.05, 3.63) is 18.2 Å². The van der Waals surface area contributed by atoms with Crippen LogP contribution in [-0.2, 0) is 9.59 Å². The number of nitrogens with zero attached hydrogens (tertiary/aromatic N) is 1. The molecule has 128 valence electrons. The second kappa shape index (κ2) is 9.68. The molecule has 0 bridgehead atoms. The van der Waals surface area contributed by atoms with E-state index < -0.39 is 5.97 Å². The first-order valence-corrected chi connectivity index (χ1v) is 7.56. The van der Waals surface area contributed by atoms with Crippen LogP contribution in [-0.4, -0.2) is 55.2 Å². The van der Waals surface area contributed by atoms with E-state index in [2.05, 4.69) is 5.32 Å². The molecule has 23 heavy (non-hydrogen) atoms. The molecule has 7 heteroatoms. The van der Waals surface area contributed by atoms with Gasteiger partial charge in [0.15, 0.2) is 11.5 Å². The summed E-state index contributed by atoms with van der Waals surface area (Å²) in [5, 5.41) is 11.4. The zero-order chi connectivity index (χ0) is 17.2. The standard InChI is InChI=1S/C16H24N2O5/c1-4-22-13-7-6-12(10-14(13)23-5-2)17-15(19)11-18(3)9-8-16(20)21/h6-7,10H,4-5,8-9,11H2,1-3H3,(H,17,19)(H,20,21). The van der Waals surface area contributed by atoms with E-state index in [0.29, 0.717) is 36.9 Å². The summed E-state index contributed by atoms with van der Waals surface area (Å²) < 4.78 is 11.0. The molecule has 0 saturated carbocycles. The molecule has 0 atom stereocenters. The van der Waals surface area contributed by atoms with Crippen LogP contribution in [0.25, 0.3) is 0 Å². The molecule has 7 nitrogen and oxygen atoms in total. The Kier molecular flexibility index (Phi) is 7.90. The highest BCUT2D eigenvalue weighted by molar-refractivity contribution is 5.92. The minimum absolute atomic E-state index is 0.00131. The number of nitrogens with one attached hydrogen (secondary N) is 1. The predicted octanol–water partition coefficient (Wildman–Crippen LogP) is 1.83. The van der Waals surface area contributed by atoms with Crippen molar-refractivity contribution in [3.8, 4) is 11.5 Å². The largest absolute Gasteiger partial charge is 0.490 e. The van der Waals surface area contributed by atoms with Crippen LogP contribution >= 0.6 is 0 Å². The third-order valence-electron chi connectivity index (χ3n) is 2.95. The van der Waals surface area contributed by atoms with E-state index in [-0.39, 0.29) is 18.9 Å². The fourth-order valence-corrected chi connectivity index (χ4v) is 1.94. The van der Waals surface area contributed by atoms with Crippen molar-refractivity contribution < 1.29 is 24.2 Å². The fourth-order valence-electron chi connectivity index (χ4n) is 1.94. The molecule has 0 heterocycles. The van der Waals surface area contributed by atoms with Crippen LogP contribution < -0.4 is 14.8 Å². The van der Waals surface area contributed by atoms with Crippen LogP contribution in [0.4, 0.5) is 5.69 Å². The number of carboxylic acid groups (broad SMARTS) is 1. The number of carbonyl (C=O) groups is 2. The van der Waals surface area contributed by atoms with Crippen LogP contribution in [0.3, 0.4) is 0 Å². The van der Waals surface area contributed by atoms with Crippen molar-refractivity contribution in [2.75, 3.05) is 38.7 Å². The molecule has 2 N–H and O–H groups in total. The molecule has 0 spiro atoms. The topological polar surface area (TPSA) is 88.1 Å². The van der Waals surface area contributed by atoms with Gasteiger partial charge in [-0.25, -0.2) is 0 Å². The summed E-state index contributed by atoms with van der Waals surface area (Å²) in [5.41, 5.74) is 0.605. The van der Waals surface area contributed by atoms with E-state index >= 15 is 0 Å². The summed E-state index contributed by atoms with van der Waals surface area (Å²) in [5.74, 6) is 0.104. The molecule has 1 amide bonds. The molecule has 0 fully saturated rings. The maximum atomic E-state index is 12.0. The second-order valence-corrected chi connectivity index (χ2v) is 4.96. The first-order valence-electron chi connectivity index (χ1n) is 7.56. The van der Waals surface area contributed by atoms with Gasteiger partial charge in [0.25, 0.3) is 0 Å². The molecule has 0 saturated heterocycles. The Labute approximate surface area is 136 Å². The van der Waals surface area contributed by atoms with Crippen LogP contribution in [0.15, 0.2) is 18.2 Å². The molecule has 0 radical (unpaired) electrons. The van der Waals surface area contributed by atoms with Crippen molar-refractivity contribution in [1.82, 2.24) is 4.90 Å². The lowest BCUT2D eigenvalue weighted by Crippen LogP contribution is -2.31. The van der Waals surface area contributed by atoms with Gasteiger partial charge >= 0.3 is 5.97 Å². The Morgan fingerprint density at radius 1 is 1.17 bits per heavy atom. The summed E-state index contributed by atoms with van der Waals surface area (Å²) in [6.07, 6.45) is 0.00131. The number of likely N-dealkylation sites (N-methyl/N-ethyl adjacent to an activating group) is 1. The average molecular weight is 324 g/mol. The van der Waals surface area contributed by atoms with Crippen molar-refractivity contribution in [1.29, 1.82) is 0 Å². The van der Waals surface area contributed by atoms with E-state index in [0.717, 1.165) is 0 Å². The van der Waals surface area contributed by atoms with Gasteiger partial charge in [0.1, 0.15) is 0 Å². The number of amides is 1.